The molecule has 0 aliphatic heterocycles. The van der Waals surface area contributed by atoms with E-state index in [9.17, 15) is 0 Å². The molecule has 2 aromatic carbocycles. The molecule has 6 nitrogen and oxygen atoms in total. The summed E-state index contributed by atoms with van der Waals surface area (Å²) < 4.78 is 10.5. The molecular weight excluding hydrogens is 376 g/mol. The standard InChI is InChI=1S/C21H23ClN4O2/c1-27-12-6-11-23-21-25-17(15-7-4-3-5-8-15)14-20(26-21)24-18-13-16(22)9-10-19(18)28-2/h3-5,7-10,13-14H,6,11-12H2,1-2H3,(H2,23,24,25,26). The molecule has 146 valence electrons. The van der Waals surface area contributed by atoms with Gasteiger partial charge in [0.2, 0.25) is 5.95 Å². The van der Waals surface area contributed by atoms with Gasteiger partial charge in [0.1, 0.15) is 11.6 Å². The highest BCUT2D eigenvalue weighted by Gasteiger charge is 2.10. The van der Waals surface area contributed by atoms with Gasteiger partial charge in [-0.25, -0.2) is 4.98 Å². The second-order valence-corrected chi connectivity index (χ2v) is 6.51. The van der Waals surface area contributed by atoms with Crippen molar-refractivity contribution < 1.29 is 9.47 Å². The van der Waals surface area contributed by atoms with Gasteiger partial charge in [-0.1, -0.05) is 41.9 Å². The number of halogens is 1. The van der Waals surface area contributed by atoms with Crippen molar-refractivity contribution in [3.05, 3.63) is 59.6 Å². The zero-order chi connectivity index (χ0) is 19.8. The van der Waals surface area contributed by atoms with E-state index in [-0.39, 0.29) is 0 Å². The first-order valence-electron chi connectivity index (χ1n) is 8.97. The number of hydrogen-bond acceptors (Lipinski definition) is 6. The Hall–Kier alpha value is -2.83. The summed E-state index contributed by atoms with van der Waals surface area (Å²) in [4.78, 5) is 9.23. The first kappa shape index (κ1) is 19.9. The van der Waals surface area contributed by atoms with Crippen molar-refractivity contribution in [1.29, 1.82) is 0 Å². The van der Waals surface area contributed by atoms with E-state index in [2.05, 4.69) is 20.6 Å². The van der Waals surface area contributed by atoms with Crippen LogP contribution in [0.3, 0.4) is 0 Å². The topological polar surface area (TPSA) is 68.3 Å². The predicted octanol–water partition coefficient (Wildman–Crippen LogP) is 5.00. The van der Waals surface area contributed by atoms with E-state index >= 15 is 0 Å². The Kier molecular flexibility index (Phi) is 7.06. The average Bonchev–Trinajstić information content (AvgIpc) is 2.72. The van der Waals surface area contributed by atoms with Gasteiger partial charge in [-0.3, -0.25) is 0 Å². The van der Waals surface area contributed by atoms with Crippen molar-refractivity contribution in [2.45, 2.75) is 6.42 Å². The number of ether oxygens (including phenoxy) is 2. The highest BCUT2D eigenvalue weighted by Crippen LogP contribution is 2.31. The molecule has 0 aliphatic carbocycles. The summed E-state index contributed by atoms with van der Waals surface area (Å²) >= 11 is 6.14. The lowest BCUT2D eigenvalue weighted by Gasteiger charge is -2.14. The first-order chi connectivity index (χ1) is 13.7. The fourth-order valence-electron chi connectivity index (χ4n) is 2.68. The van der Waals surface area contributed by atoms with Crippen molar-refractivity contribution in [3.63, 3.8) is 0 Å². The Bertz CT molecular complexity index is 906. The maximum atomic E-state index is 6.14. The lowest BCUT2D eigenvalue weighted by molar-refractivity contribution is 0.197. The summed E-state index contributed by atoms with van der Waals surface area (Å²) in [5.41, 5.74) is 2.55. The van der Waals surface area contributed by atoms with Crippen LogP contribution in [0.25, 0.3) is 11.3 Å². The van der Waals surface area contributed by atoms with Gasteiger partial charge in [0.15, 0.2) is 0 Å². The Morgan fingerprint density at radius 3 is 2.57 bits per heavy atom. The van der Waals surface area contributed by atoms with Gasteiger partial charge in [0.25, 0.3) is 0 Å². The van der Waals surface area contributed by atoms with E-state index in [0.29, 0.717) is 35.7 Å². The summed E-state index contributed by atoms with van der Waals surface area (Å²) in [7, 11) is 3.31. The Labute approximate surface area is 169 Å². The molecule has 0 unspecified atom stereocenters. The van der Waals surface area contributed by atoms with Gasteiger partial charge in [-0.05, 0) is 24.6 Å². The minimum Gasteiger partial charge on any atom is -0.495 e. The second-order valence-electron chi connectivity index (χ2n) is 6.07. The third-order valence-electron chi connectivity index (χ3n) is 4.03. The fraction of sp³-hybridized carbons (Fsp3) is 0.238. The molecule has 0 fully saturated rings. The third-order valence-corrected chi connectivity index (χ3v) is 4.26. The van der Waals surface area contributed by atoms with Crippen LogP contribution < -0.4 is 15.4 Å². The molecule has 1 heterocycles. The van der Waals surface area contributed by atoms with E-state index in [0.717, 1.165) is 23.4 Å². The van der Waals surface area contributed by atoms with Crippen LogP contribution in [-0.4, -0.2) is 37.3 Å². The molecule has 0 saturated heterocycles. The van der Waals surface area contributed by atoms with E-state index < -0.39 is 0 Å². The molecule has 0 amide bonds. The van der Waals surface area contributed by atoms with Gasteiger partial charge in [-0.15, -0.1) is 0 Å². The maximum absolute atomic E-state index is 6.14. The smallest absolute Gasteiger partial charge is 0.225 e. The van der Waals surface area contributed by atoms with Crippen LogP contribution in [0.4, 0.5) is 17.5 Å². The van der Waals surface area contributed by atoms with Gasteiger partial charge >= 0.3 is 0 Å². The molecule has 28 heavy (non-hydrogen) atoms. The van der Waals surface area contributed by atoms with Crippen molar-refractivity contribution in [2.75, 3.05) is 38.0 Å². The van der Waals surface area contributed by atoms with Crippen LogP contribution >= 0.6 is 11.6 Å². The largest absolute Gasteiger partial charge is 0.495 e. The minimum atomic E-state index is 0.543. The number of hydrogen-bond donors (Lipinski definition) is 2. The van der Waals surface area contributed by atoms with Crippen LogP contribution in [0.2, 0.25) is 5.02 Å². The van der Waals surface area contributed by atoms with E-state index in [1.54, 1.807) is 26.4 Å². The Morgan fingerprint density at radius 1 is 1.00 bits per heavy atom. The van der Waals surface area contributed by atoms with Gasteiger partial charge in [0, 0.05) is 36.9 Å². The van der Waals surface area contributed by atoms with E-state index in [4.69, 9.17) is 21.1 Å². The molecule has 3 aromatic rings. The number of nitrogens with zero attached hydrogens (tertiary/aromatic N) is 2. The number of benzene rings is 2. The quantitative estimate of drug-likeness (QED) is 0.494. The Balaban J connectivity index is 1.92. The summed E-state index contributed by atoms with van der Waals surface area (Å²) in [6, 6.07) is 17.3. The third kappa shape index (κ3) is 5.34. The summed E-state index contributed by atoms with van der Waals surface area (Å²) in [6.07, 6.45) is 0.861. The average molecular weight is 399 g/mol. The fourth-order valence-corrected chi connectivity index (χ4v) is 2.85. The van der Waals surface area contributed by atoms with Crippen molar-refractivity contribution >= 4 is 29.1 Å². The molecule has 0 saturated carbocycles. The molecule has 0 atom stereocenters. The van der Waals surface area contributed by atoms with Crippen molar-refractivity contribution in [3.8, 4) is 17.0 Å². The lowest BCUT2D eigenvalue weighted by Crippen LogP contribution is -2.09. The van der Waals surface area contributed by atoms with Crippen LogP contribution in [-0.2, 0) is 4.74 Å². The predicted molar refractivity (Wildman–Crippen MR) is 114 cm³/mol. The molecule has 0 spiro atoms. The summed E-state index contributed by atoms with van der Waals surface area (Å²) in [6.45, 7) is 1.39. The molecule has 2 N–H and O–H groups in total. The molecule has 7 heteroatoms. The normalized spacial score (nSPS) is 10.5. The minimum absolute atomic E-state index is 0.543. The Morgan fingerprint density at radius 2 is 1.82 bits per heavy atom. The maximum Gasteiger partial charge on any atom is 0.225 e. The lowest BCUT2D eigenvalue weighted by atomic mass is 10.1. The summed E-state index contributed by atoms with van der Waals surface area (Å²) in [5, 5.41) is 7.16. The van der Waals surface area contributed by atoms with Crippen molar-refractivity contribution in [2.24, 2.45) is 0 Å². The number of aromatic nitrogens is 2. The number of anilines is 3. The van der Waals surface area contributed by atoms with Gasteiger partial charge in [-0.2, -0.15) is 4.98 Å². The molecule has 3 rings (SSSR count). The van der Waals surface area contributed by atoms with E-state index in [1.165, 1.54) is 0 Å². The molecule has 0 radical (unpaired) electrons. The van der Waals surface area contributed by atoms with Crippen LogP contribution in [0, 0.1) is 0 Å². The zero-order valence-electron chi connectivity index (χ0n) is 15.9. The first-order valence-corrected chi connectivity index (χ1v) is 9.35. The number of rotatable bonds is 9. The van der Waals surface area contributed by atoms with Crippen LogP contribution in [0.15, 0.2) is 54.6 Å². The molecule has 0 bridgehead atoms. The number of methoxy groups -OCH3 is 2. The monoisotopic (exact) mass is 398 g/mol. The number of nitrogens with one attached hydrogen (secondary N) is 2. The molecule has 1 aromatic heterocycles. The van der Waals surface area contributed by atoms with Crippen molar-refractivity contribution in [1.82, 2.24) is 9.97 Å². The van der Waals surface area contributed by atoms with Crippen LogP contribution in [0.5, 0.6) is 5.75 Å². The van der Waals surface area contributed by atoms with Gasteiger partial charge in [0.05, 0.1) is 18.5 Å². The SMILES string of the molecule is COCCCNc1nc(Nc2cc(Cl)ccc2OC)cc(-c2ccccc2)n1. The molecular formula is C21H23ClN4O2. The van der Waals surface area contributed by atoms with Crippen LogP contribution in [0.1, 0.15) is 6.42 Å². The van der Waals surface area contributed by atoms with Gasteiger partial charge < -0.3 is 20.1 Å². The summed E-state index contributed by atoms with van der Waals surface area (Å²) in [5.74, 6) is 1.86. The van der Waals surface area contributed by atoms with E-state index in [1.807, 2.05) is 42.5 Å². The highest BCUT2D eigenvalue weighted by molar-refractivity contribution is 6.31. The molecule has 0 aliphatic rings. The second kappa shape index (κ2) is 9.92. The zero-order valence-corrected chi connectivity index (χ0v) is 16.7. The highest BCUT2D eigenvalue weighted by atomic mass is 35.5.